The second-order valence-electron chi connectivity index (χ2n) is 5.45. The first-order valence-corrected chi connectivity index (χ1v) is 7.92. The van der Waals surface area contributed by atoms with Gasteiger partial charge in [-0.25, -0.2) is 0 Å². The number of anilines is 1. The van der Waals surface area contributed by atoms with Crippen molar-refractivity contribution >= 4 is 11.6 Å². The lowest BCUT2D eigenvalue weighted by Crippen LogP contribution is -2.32. The number of para-hydroxylation sites is 1. The summed E-state index contributed by atoms with van der Waals surface area (Å²) in [6.45, 7) is 0.344. The number of hydrogen-bond acceptors (Lipinski definition) is 2. The fraction of sp³-hybridized carbons (Fsp3) is 0.0952. The third kappa shape index (κ3) is 4.31. The summed E-state index contributed by atoms with van der Waals surface area (Å²) in [5, 5.41) is 1.39. The van der Waals surface area contributed by atoms with Crippen LogP contribution in [-0.2, 0) is 22.7 Å². The van der Waals surface area contributed by atoms with Gasteiger partial charge in [0.2, 0.25) is 0 Å². The molecule has 0 atom stereocenters. The highest BCUT2D eigenvalue weighted by atomic mass is 16.7. The van der Waals surface area contributed by atoms with E-state index in [1.54, 1.807) is 0 Å². The number of benzene rings is 3. The first-order chi connectivity index (χ1) is 11.8. The van der Waals surface area contributed by atoms with E-state index in [2.05, 4.69) is 0 Å². The van der Waals surface area contributed by atoms with Crippen molar-refractivity contribution < 1.29 is 9.63 Å². The van der Waals surface area contributed by atoms with Crippen LogP contribution < -0.4 is 5.06 Å². The van der Waals surface area contributed by atoms with Gasteiger partial charge in [-0.1, -0.05) is 78.9 Å². The van der Waals surface area contributed by atoms with Gasteiger partial charge in [-0.15, -0.1) is 0 Å². The second-order valence-corrected chi connectivity index (χ2v) is 5.45. The van der Waals surface area contributed by atoms with Gasteiger partial charge >= 0.3 is 0 Å². The zero-order chi connectivity index (χ0) is 16.6. The van der Waals surface area contributed by atoms with Crippen LogP contribution in [0.3, 0.4) is 0 Å². The molecule has 0 saturated carbocycles. The molecule has 24 heavy (non-hydrogen) atoms. The summed E-state index contributed by atoms with van der Waals surface area (Å²) < 4.78 is 0. The quantitative estimate of drug-likeness (QED) is 0.631. The molecule has 1 amide bonds. The molecule has 0 unspecified atom stereocenters. The van der Waals surface area contributed by atoms with Crippen LogP contribution in [0.4, 0.5) is 5.69 Å². The Labute approximate surface area is 142 Å². The molecule has 3 aromatic carbocycles. The minimum absolute atomic E-state index is 0.0941. The van der Waals surface area contributed by atoms with Gasteiger partial charge in [-0.2, -0.15) is 5.06 Å². The predicted octanol–water partition coefficient (Wildman–Crippen LogP) is 4.39. The average molecular weight is 317 g/mol. The Morgan fingerprint density at radius 1 is 0.708 bits per heavy atom. The Hall–Kier alpha value is -2.91. The molecule has 3 rings (SSSR count). The molecule has 0 saturated heterocycles. The summed E-state index contributed by atoms with van der Waals surface area (Å²) in [5.41, 5.74) is 2.71. The maximum absolute atomic E-state index is 12.7. The summed E-state index contributed by atoms with van der Waals surface area (Å²) in [5.74, 6) is -0.0941. The van der Waals surface area contributed by atoms with Crippen LogP contribution >= 0.6 is 0 Å². The van der Waals surface area contributed by atoms with Crippen LogP contribution in [0, 0.1) is 0 Å². The summed E-state index contributed by atoms with van der Waals surface area (Å²) in [6.07, 6.45) is 0.296. The van der Waals surface area contributed by atoms with Crippen molar-refractivity contribution in [2.75, 3.05) is 5.06 Å². The van der Waals surface area contributed by atoms with E-state index in [0.29, 0.717) is 13.0 Å². The molecular weight excluding hydrogens is 298 g/mol. The Morgan fingerprint density at radius 3 is 1.79 bits per heavy atom. The molecule has 0 aromatic heterocycles. The molecule has 0 radical (unpaired) electrons. The summed E-state index contributed by atoms with van der Waals surface area (Å²) >= 11 is 0. The van der Waals surface area contributed by atoms with Gasteiger partial charge in [0.05, 0.1) is 12.1 Å². The zero-order valence-corrected chi connectivity index (χ0v) is 13.3. The summed E-state index contributed by atoms with van der Waals surface area (Å²) in [6, 6.07) is 29.0. The Kier molecular flexibility index (Phi) is 5.38. The van der Waals surface area contributed by atoms with Crippen molar-refractivity contribution in [3.63, 3.8) is 0 Å². The summed E-state index contributed by atoms with van der Waals surface area (Å²) in [7, 11) is 0. The molecule has 3 aromatic rings. The number of carbonyl (C=O) groups is 1. The fourth-order valence-corrected chi connectivity index (χ4v) is 2.41. The van der Waals surface area contributed by atoms with E-state index in [1.165, 1.54) is 5.06 Å². The molecule has 0 bridgehead atoms. The molecule has 3 nitrogen and oxygen atoms in total. The minimum Gasteiger partial charge on any atom is -0.272 e. The molecule has 0 aliphatic rings. The van der Waals surface area contributed by atoms with Crippen molar-refractivity contribution in [3.05, 3.63) is 102 Å². The van der Waals surface area contributed by atoms with Crippen LogP contribution in [0.1, 0.15) is 11.1 Å². The number of carbonyl (C=O) groups excluding carboxylic acids is 1. The Morgan fingerprint density at radius 2 is 1.21 bits per heavy atom. The normalized spacial score (nSPS) is 10.3. The highest BCUT2D eigenvalue weighted by Gasteiger charge is 2.17. The van der Waals surface area contributed by atoms with Crippen LogP contribution in [0.15, 0.2) is 91.0 Å². The third-order valence-electron chi connectivity index (χ3n) is 3.62. The molecule has 0 heterocycles. The van der Waals surface area contributed by atoms with Crippen molar-refractivity contribution in [2.24, 2.45) is 0 Å². The van der Waals surface area contributed by atoms with Crippen molar-refractivity contribution in [1.82, 2.24) is 0 Å². The van der Waals surface area contributed by atoms with E-state index in [1.807, 2.05) is 91.0 Å². The van der Waals surface area contributed by atoms with Gasteiger partial charge in [0, 0.05) is 0 Å². The predicted molar refractivity (Wildman–Crippen MR) is 95.3 cm³/mol. The number of amides is 1. The van der Waals surface area contributed by atoms with Gasteiger partial charge in [0.15, 0.2) is 0 Å². The Balaban J connectivity index is 1.75. The first kappa shape index (κ1) is 16.0. The third-order valence-corrected chi connectivity index (χ3v) is 3.62. The van der Waals surface area contributed by atoms with Crippen molar-refractivity contribution in [2.45, 2.75) is 13.0 Å². The van der Waals surface area contributed by atoms with Crippen LogP contribution in [0.2, 0.25) is 0 Å². The average Bonchev–Trinajstić information content (AvgIpc) is 2.64. The lowest BCUT2D eigenvalue weighted by Gasteiger charge is -2.22. The van der Waals surface area contributed by atoms with Gasteiger partial charge in [-0.05, 0) is 23.3 Å². The van der Waals surface area contributed by atoms with Crippen molar-refractivity contribution in [1.29, 1.82) is 0 Å². The fourth-order valence-electron chi connectivity index (χ4n) is 2.41. The largest absolute Gasteiger partial charge is 0.272 e. The molecule has 0 aliphatic heterocycles. The van der Waals surface area contributed by atoms with E-state index >= 15 is 0 Å². The number of nitrogens with zero attached hydrogens (tertiary/aromatic N) is 1. The molecule has 3 heteroatoms. The molecule has 0 N–H and O–H groups in total. The molecule has 0 aliphatic carbocycles. The van der Waals surface area contributed by atoms with Crippen LogP contribution in [-0.4, -0.2) is 5.91 Å². The Bertz CT molecular complexity index is 758. The van der Waals surface area contributed by atoms with E-state index in [0.717, 1.165) is 16.8 Å². The smallest absolute Gasteiger partial charge is 0.255 e. The zero-order valence-electron chi connectivity index (χ0n) is 13.3. The first-order valence-electron chi connectivity index (χ1n) is 7.92. The van der Waals surface area contributed by atoms with E-state index in [9.17, 15) is 4.79 Å². The van der Waals surface area contributed by atoms with Gasteiger partial charge < -0.3 is 0 Å². The molecule has 120 valence electrons. The maximum atomic E-state index is 12.7. The topological polar surface area (TPSA) is 29.5 Å². The maximum Gasteiger partial charge on any atom is 0.255 e. The molecule has 0 fully saturated rings. The van der Waals surface area contributed by atoms with Gasteiger partial charge in [0.25, 0.3) is 5.91 Å². The number of hydrogen-bond donors (Lipinski definition) is 0. The molecular formula is C21H19NO2. The van der Waals surface area contributed by atoms with E-state index in [4.69, 9.17) is 4.84 Å². The van der Waals surface area contributed by atoms with E-state index in [-0.39, 0.29) is 5.91 Å². The standard InChI is InChI=1S/C21H19NO2/c23-21(16-18-10-4-1-5-11-18)22(20-14-8-3-9-15-20)24-17-19-12-6-2-7-13-19/h1-15H,16-17H2. The number of hydroxylamine groups is 1. The highest BCUT2D eigenvalue weighted by molar-refractivity contribution is 5.92. The SMILES string of the molecule is O=C(Cc1ccccc1)N(OCc1ccccc1)c1ccccc1. The summed E-state index contributed by atoms with van der Waals surface area (Å²) in [4.78, 5) is 18.6. The van der Waals surface area contributed by atoms with Crippen LogP contribution in [0.5, 0.6) is 0 Å². The van der Waals surface area contributed by atoms with Gasteiger partial charge in [-0.3, -0.25) is 9.63 Å². The lowest BCUT2D eigenvalue weighted by atomic mass is 10.1. The van der Waals surface area contributed by atoms with Gasteiger partial charge in [0.1, 0.15) is 6.61 Å². The monoisotopic (exact) mass is 317 g/mol. The minimum atomic E-state index is -0.0941. The second kappa shape index (κ2) is 8.09. The van der Waals surface area contributed by atoms with Crippen LogP contribution in [0.25, 0.3) is 0 Å². The highest BCUT2D eigenvalue weighted by Crippen LogP contribution is 2.17. The number of rotatable bonds is 6. The lowest BCUT2D eigenvalue weighted by molar-refractivity contribution is -0.125. The van der Waals surface area contributed by atoms with E-state index < -0.39 is 0 Å². The van der Waals surface area contributed by atoms with Crippen molar-refractivity contribution in [3.8, 4) is 0 Å². The molecule has 0 spiro atoms.